The lowest BCUT2D eigenvalue weighted by molar-refractivity contribution is 0.101. The Balaban J connectivity index is 3.45. The van der Waals surface area contributed by atoms with E-state index in [-0.39, 0.29) is 16.9 Å². The molecule has 1 rings (SSSR count). The molecule has 2 nitrogen and oxygen atoms in total. The molecule has 0 saturated heterocycles. The summed E-state index contributed by atoms with van der Waals surface area (Å²) in [6, 6.07) is 3.49. The number of aromatic hydroxyl groups is 1. The maximum atomic E-state index is 11.3. The van der Waals surface area contributed by atoms with Crippen molar-refractivity contribution in [1.82, 2.24) is 0 Å². The molecule has 1 N–H and O–H groups in total. The quantitative estimate of drug-likeness (QED) is 0.636. The van der Waals surface area contributed by atoms with E-state index in [0.717, 1.165) is 9.13 Å². The fourth-order valence-electron chi connectivity index (χ4n) is 1.37. The Morgan fingerprint density at radius 3 is 2.27 bits per heavy atom. The first-order valence-electron chi connectivity index (χ1n) is 4.77. The van der Waals surface area contributed by atoms with E-state index >= 15 is 0 Å². The Bertz CT molecular complexity index is 403. The molecule has 3 heteroatoms. The second-order valence-corrected chi connectivity index (χ2v) is 5.82. The summed E-state index contributed by atoms with van der Waals surface area (Å²) in [6.07, 6.45) is 0. The largest absolute Gasteiger partial charge is 0.507 e. The van der Waals surface area contributed by atoms with Crippen molar-refractivity contribution >= 4 is 28.4 Å². The topological polar surface area (TPSA) is 37.3 Å². The number of rotatable bonds is 1. The number of benzene rings is 1. The molecule has 0 amide bonds. The first-order valence-corrected chi connectivity index (χ1v) is 5.85. The van der Waals surface area contributed by atoms with E-state index in [4.69, 9.17) is 0 Å². The molecule has 0 spiro atoms. The van der Waals surface area contributed by atoms with Gasteiger partial charge in [0.1, 0.15) is 5.75 Å². The minimum absolute atomic E-state index is 0.0263. The third-order valence-corrected chi connectivity index (χ3v) is 3.10. The first kappa shape index (κ1) is 12.5. The van der Waals surface area contributed by atoms with Crippen LogP contribution in [0.5, 0.6) is 5.75 Å². The van der Waals surface area contributed by atoms with Gasteiger partial charge in [-0.05, 0) is 47.1 Å². The molecule has 0 saturated carbocycles. The number of carbonyl (C=O) groups is 1. The van der Waals surface area contributed by atoms with Crippen LogP contribution in [0.2, 0.25) is 0 Å². The van der Waals surface area contributed by atoms with Crippen LogP contribution in [0.1, 0.15) is 43.6 Å². The Kier molecular flexibility index (Phi) is 3.43. The number of phenolic OH excluding ortho intramolecular Hbond substituents is 1. The van der Waals surface area contributed by atoms with Crippen LogP contribution in [0.4, 0.5) is 0 Å². The smallest absolute Gasteiger partial charge is 0.159 e. The minimum Gasteiger partial charge on any atom is -0.507 e. The average Bonchev–Trinajstić information content (AvgIpc) is 2.06. The predicted molar refractivity (Wildman–Crippen MR) is 69.5 cm³/mol. The van der Waals surface area contributed by atoms with Crippen molar-refractivity contribution in [2.75, 3.05) is 0 Å². The van der Waals surface area contributed by atoms with Gasteiger partial charge in [0.05, 0.1) is 3.57 Å². The highest BCUT2D eigenvalue weighted by Crippen LogP contribution is 2.35. The van der Waals surface area contributed by atoms with E-state index in [1.807, 2.05) is 43.4 Å². The first-order chi connectivity index (χ1) is 6.73. The fourth-order valence-corrected chi connectivity index (χ4v) is 2.00. The molecule has 0 aliphatic heterocycles. The summed E-state index contributed by atoms with van der Waals surface area (Å²) in [7, 11) is 0. The monoisotopic (exact) mass is 318 g/mol. The van der Waals surface area contributed by atoms with Crippen molar-refractivity contribution in [3.8, 4) is 5.75 Å². The minimum atomic E-state index is -0.157. The van der Waals surface area contributed by atoms with E-state index < -0.39 is 0 Å². The van der Waals surface area contributed by atoms with E-state index in [2.05, 4.69) is 0 Å². The highest BCUT2D eigenvalue weighted by molar-refractivity contribution is 14.1. The molecule has 0 aliphatic rings. The fraction of sp³-hybridized carbons (Fsp3) is 0.417. The summed E-state index contributed by atoms with van der Waals surface area (Å²) < 4.78 is 0.727. The maximum absolute atomic E-state index is 11.3. The number of phenols is 1. The Hall–Kier alpha value is -0.580. The summed E-state index contributed by atoms with van der Waals surface area (Å²) in [5.74, 6) is 0.312. The SMILES string of the molecule is CC(=O)c1cc(I)c(O)c(C(C)(C)C)c1. The molecule has 0 atom stereocenters. The molecule has 0 unspecified atom stereocenters. The highest BCUT2D eigenvalue weighted by atomic mass is 127. The van der Waals surface area contributed by atoms with Gasteiger partial charge in [0.25, 0.3) is 0 Å². The van der Waals surface area contributed by atoms with Crippen LogP contribution in [0.3, 0.4) is 0 Å². The lowest BCUT2D eigenvalue weighted by Crippen LogP contribution is -2.13. The standard InChI is InChI=1S/C12H15IO2/c1-7(14)8-5-9(12(2,3)4)11(15)10(13)6-8/h5-6,15H,1-4H3. The van der Waals surface area contributed by atoms with Crippen LogP contribution in [-0.4, -0.2) is 10.9 Å². The Labute approximate surface area is 104 Å². The molecule has 1 aromatic rings. The van der Waals surface area contributed by atoms with Gasteiger partial charge in [-0.15, -0.1) is 0 Å². The van der Waals surface area contributed by atoms with Gasteiger partial charge in [-0.25, -0.2) is 0 Å². The van der Waals surface area contributed by atoms with Gasteiger partial charge in [0.2, 0.25) is 0 Å². The molecular formula is C12H15IO2. The van der Waals surface area contributed by atoms with Crippen LogP contribution in [-0.2, 0) is 5.41 Å². The molecule has 0 bridgehead atoms. The van der Waals surface area contributed by atoms with Crippen molar-refractivity contribution in [3.05, 3.63) is 26.8 Å². The summed E-state index contributed by atoms with van der Waals surface area (Å²) in [5.41, 5.74) is 1.32. The number of ketones is 1. The molecule has 0 aliphatic carbocycles. The highest BCUT2D eigenvalue weighted by Gasteiger charge is 2.21. The van der Waals surface area contributed by atoms with Gasteiger partial charge in [-0.3, -0.25) is 4.79 Å². The van der Waals surface area contributed by atoms with Crippen molar-refractivity contribution in [3.63, 3.8) is 0 Å². The number of Topliss-reactive ketones (excluding diaryl/α,β-unsaturated/α-hetero) is 1. The zero-order chi connectivity index (χ0) is 11.8. The second kappa shape index (κ2) is 4.12. The van der Waals surface area contributed by atoms with E-state index in [1.54, 1.807) is 12.1 Å². The van der Waals surface area contributed by atoms with Gasteiger partial charge in [0.15, 0.2) is 5.78 Å². The summed E-state index contributed by atoms with van der Waals surface area (Å²) in [4.78, 5) is 11.3. The predicted octanol–water partition coefficient (Wildman–Crippen LogP) is 3.50. The van der Waals surface area contributed by atoms with Crippen LogP contribution in [0.25, 0.3) is 0 Å². The zero-order valence-electron chi connectivity index (χ0n) is 9.39. The van der Waals surface area contributed by atoms with E-state index in [1.165, 1.54) is 6.92 Å². The Morgan fingerprint density at radius 2 is 1.87 bits per heavy atom. The maximum Gasteiger partial charge on any atom is 0.159 e. The van der Waals surface area contributed by atoms with Crippen molar-refractivity contribution < 1.29 is 9.90 Å². The van der Waals surface area contributed by atoms with Crippen molar-refractivity contribution in [1.29, 1.82) is 0 Å². The summed E-state index contributed by atoms with van der Waals surface area (Å²) in [5, 5.41) is 9.92. The van der Waals surface area contributed by atoms with Crippen LogP contribution in [0, 0.1) is 3.57 Å². The second-order valence-electron chi connectivity index (χ2n) is 4.66. The molecular weight excluding hydrogens is 303 g/mol. The van der Waals surface area contributed by atoms with Gasteiger partial charge >= 0.3 is 0 Å². The lowest BCUT2D eigenvalue weighted by Gasteiger charge is -2.21. The molecule has 0 fully saturated rings. The molecule has 0 radical (unpaired) electrons. The van der Waals surface area contributed by atoms with Crippen LogP contribution < -0.4 is 0 Å². The van der Waals surface area contributed by atoms with Crippen molar-refractivity contribution in [2.45, 2.75) is 33.1 Å². The summed E-state index contributed by atoms with van der Waals surface area (Å²) in [6.45, 7) is 7.58. The molecule has 15 heavy (non-hydrogen) atoms. The van der Waals surface area contributed by atoms with Gasteiger partial charge in [-0.1, -0.05) is 20.8 Å². The third-order valence-electron chi connectivity index (χ3n) is 2.28. The molecule has 0 aromatic heterocycles. The van der Waals surface area contributed by atoms with Crippen LogP contribution >= 0.6 is 22.6 Å². The normalized spacial score (nSPS) is 11.5. The van der Waals surface area contributed by atoms with E-state index in [9.17, 15) is 9.90 Å². The zero-order valence-corrected chi connectivity index (χ0v) is 11.5. The number of carbonyl (C=O) groups excluding carboxylic acids is 1. The van der Waals surface area contributed by atoms with Crippen molar-refractivity contribution in [2.24, 2.45) is 0 Å². The van der Waals surface area contributed by atoms with Gasteiger partial charge in [0, 0.05) is 11.1 Å². The Morgan fingerprint density at radius 1 is 1.33 bits per heavy atom. The molecule has 1 aromatic carbocycles. The van der Waals surface area contributed by atoms with Crippen LogP contribution in [0.15, 0.2) is 12.1 Å². The average molecular weight is 318 g/mol. The lowest BCUT2D eigenvalue weighted by atomic mass is 9.85. The molecule has 0 heterocycles. The number of hydrogen-bond donors (Lipinski definition) is 1. The number of halogens is 1. The summed E-state index contributed by atoms with van der Waals surface area (Å²) >= 11 is 2.05. The van der Waals surface area contributed by atoms with Gasteiger partial charge < -0.3 is 5.11 Å². The van der Waals surface area contributed by atoms with Gasteiger partial charge in [-0.2, -0.15) is 0 Å². The third kappa shape index (κ3) is 2.71. The molecule has 82 valence electrons. The van der Waals surface area contributed by atoms with E-state index in [0.29, 0.717) is 5.56 Å². The number of hydrogen-bond acceptors (Lipinski definition) is 2.